The second kappa shape index (κ2) is 11.4. The van der Waals surface area contributed by atoms with Crippen LogP contribution in [0, 0.1) is 11.8 Å². The van der Waals surface area contributed by atoms with Crippen molar-refractivity contribution in [3.8, 4) is 0 Å². The van der Waals surface area contributed by atoms with Gasteiger partial charge < -0.3 is 14.9 Å². The lowest BCUT2D eigenvalue weighted by Crippen LogP contribution is -2.19. The maximum absolute atomic E-state index is 11.1. The Labute approximate surface area is 140 Å². The molecule has 0 aliphatic heterocycles. The third kappa shape index (κ3) is 7.80. The molecule has 132 valence electrons. The van der Waals surface area contributed by atoms with Crippen molar-refractivity contribution in [3.05, 3.63) is 24.3 Å². The minimum atomic E-state index is -0.431. The first-order valence-electron chi connectivity index (χ1n) is 8.88. The molecule has 0 aromatic heterocycles. The van der Waals surface area contributed by atoms with Crippen molar-refractivity contribution < 1.29 is 19.7 Å². The molecule has 4 atom stereocenters. The molecule has 0 saturated heterocycles. The van der Waals surface area contributed by atoms with Crippen LogP contribution in [0.4, 0.5) is 0 Å². The molecule has 0 spiro atoms. The molecule has 0 amide bonds. The molecule has 1 aliphatic rings. The molecule has 2 N–H and O–H groups in total. The van der Waals surface area contributed by atoms with E-state index in [1.165, 1.54) is 7.11 Å². The van der Waals surface area contributed by atoms with Crippen LogP contribution in [-0.4, -0.2) is 35.5 Å². The third-order valence-corrected chi connectivity index (χ3v) is 4.52. The largest absolute Gasteiger partial charge is 0.469 e. The molecule has 4 nitrogen and oxygen atoms in total. The number of allylic oxidation sites excluding steroid dienone is 2. The van der Waals surface area contributed by atoms with Crippen LogP contribution in [0.25, 0.3) is 0 Å². The van der Waals surface area contributed by atoms with Crippen molar-refractivity contribution >= 4 is 5.97 Å². The van der Waals surface area contributed by atoms with E-state index in [9.17, 15) is 15.0 Å². The number of aliphatic hydroxyl groups excluding tert-OH is 2. The summed E-state index contributed by atoms with van der Waals surface area (Å²) >= 11 is 0. The molecule has 0 bridgehead atoms. The number of hydrogen-bond acceptors (Lipinski definition) is 4. The SMILES string of the molecule is CCCCCC(O)/C=C/[C@H]1C=C[C@@H](O)[C@H]1CCCCC(=O)OC. The predicted octanol–water partition coefficient (Wildman–Crippen LogP) is 3.38. The van der Waals surface area contributed by atoms with Crippen LogP contribution < -0.4 is 0 Å². The van der Waals surface area contributed by atoms with Gasteiger partial charge in [0.15, 0.2) is 0 Å². The summed E-state index contributed by atoms with van der Waals surface area (Å²) in [6.45, 7) is 2.15. The number of rotatable bonds is 11. The van der Waals surface area contributed by atoms with Crippen LogP contribution in [0.2, 0.25) is 0 Å². The number of esters is 1. The van der Waals surface area contributed by atoms with Crippen LogP contribution in [0.5, 0.6) is 0 Å². The first kappa shape index (κ1) is 19.9. The molecule has 23 heavy (non-hydrogen) atoms. The van der Waals surface area contributed by atoms with Crippen molar-refractivity contribution in [1.82, 2.24) is 0 Å². The zero-order valence-electron chi connectivity index (χ0n) is 14.5. The standard InChI is InChI=1S/C19H32O4/c1-3-4-5-8-16(20)13-11-15-12-14-18(21)17(15)9-6-7-10-19(22)23-2/h11-18,20-21H,3-10H2,1-2H3/b13-11+/t15-,16?,17-,18+/m0/s1. The predicted molar refractivity (Wildman–Crippen MR) is 91.9 cm³/mol. The Morgan fingerprint density at radius 2 is 2.04 bits per heavy atom. The van der Waals surface area contributed by atoms with Gasteiger partial charge in [0.25, 0.3) is 0 Å². The maximum Gasteiger partial charge on any atom is 0.305 e. The van der Waals surface area contributed by atoms with Gasteiger partial charge in [0, 0.05) is 12.3 Å². The van der Waals surface area contributed by atoms with Gasteiger partial charge in [-0.2, -0.15) is 0 Å². The molecule has 1 rings (SSSR count). The van der Waals surface area contributed by atoms with E-state index < -0.39 is 12.2 Å². The molecule has 0 aromatic carbocycles. The second-order valence-corrected chi connectivity index (χ2v) is 6.39. The van der Waals surface area contributed by atoms with Crippen LogP contribution in [0.1, 0.15) is 58.3 Å². The van der Waals surface area contributed by atoms with E-state index in [-0.39, 0.29) is 17.8 Å². The van der Waals surface area contributed by atoms with Gasteiger partial charge in [0.2, 0.25) is 0 Å². The average Bonchev–Trinajstić information content (AvgIpc) is 2.89. The molecule has 0 aromatic rings. The first-order chi connectivity index (χ1) is 11.1. The van der Waals surface area contributed by atoms with Crippen molar-refractivity contribution in [3.63, 3.8) is 0 Å². The highest BCUT2D eigenvalue weighted by Crippen LogP contribution is 2.31. The van der Waals surface area contributed by atoms with E-state index in [1.807, 2.05) is 24.3 Å². The smallest absolute Gasteiger partial charge is 0.305 e. The topological polar surface area (TPSA) is 66.8 Å². The normalized spacial score (nSPS) is 25.1. The summed E-state index contributed by atoms with van der Waals surface area (Å²) in [5, 5.41) is 20.0. The number of methoxy groups -OCH3 is 1. The summed E-state index contributed by atoms with van der Waals surface area (Å²) in [6, 6.07) is 0. The van der Waals surface area contributed by atoms with Gasteiger partial charge in [-0.3, -0.25) is 4.79 Å². The molecule has 1 unspecified atom stereocenters. The summed E-state index contributed by atoms with van der Waals surface area (Å²) in [5.74, 6) is 0.137. The Morgan fingerprint density at radius 1 is 1.26 bits per heavy atom. The molecule has 0 radical (unpaired) electrons. The van der Waals surface area contributed by atoms with Crippen LogP contribution in [-0.2, 0) is 9.53 Å². The van der Waals surface area contributed by atoms with Gasteiger partial charge in [0.05, 0.1) is 19.3 Å². The van der Waals surface area contributed by atoms with E-state index in [1.54, 1.807) is 0 Å². The van der Waals surface area contributed by atoms with Gasteiger partial charge in [0.1, 0.15) is 0 Å². The fourth-order valence-corrected chi connectivity index (χ4v) is 3.03. The lowest BCUT2D eigenvalue weighted by molar-refractivity contribution is -0.140. The number of hydrogen-bond donors (Lipinski definition) is 2. The van der Waals surface area contributed by atoms with Crippen LogP contribution in [0.15, 0.2) is 24.3 Å². The Kier molecular flexibility index (Phi) is 9.88. The minimum absolute atomic E-state index is 0.145. The molecule has 0 fully saturated rings. The van der Waals surface area contributed by atoms with Crippen molar-refractivity contribution in [2.24, 2.45) is 11.8 Å². The van der Waals surface area contributed by atoms with Gasteiger partial charge in [-0.1, -0.05) is 56.9 Å². The van der Waals surface area contributed by atoms with Crippen LogP contribution >= 0.6 is 0 Å². The van der Waals surface area contributed by atoms with Gasteiger partial charge in [-0.15, -0.1) is 0 Å². The monoisotopic (exact) mass is 324 g/mol. The molecular weight excluding hydrogens is 292 g/mol. The Hall–Kier alpha value is -1.13. The number of aliphatic hydroxyl groups is 2. The highest BCUT2D eigenvalue weighted by Gasteiger charge is 2.28. The Morgan fingerprint density at radius 3 is 2.74 bits per heavy atom. The van der Waals surface area contributed by atoms with E-state index >= 15 is 0 Å². The Bertz CT molecular complexity index is 389. The molecule has 4 heteroatoms. The van der Waals surface area contributed by atoms with Gasteiger partial charge >= 0.3 is 5.97 Å². The van der Waals surface area contributed by atoms with Crippen LogP contribution in [0.3, 0.4) is 0 Å². The highest BCUT2D eigenvalue weighted by molar-refractivity contribution is 5.68. The number of ether oxygens (including phenoxy) is 1. The van der Waals surface area contributed by atoms with Gasteiger partial charge in [-0.25, -0.2) is 0 Å². The number of carbonyl (C=O) groups excluding carboxylic acids is 1. The Balaban J connectivity index is 2.35. The molecular formula is C19H32O4. The summed E-state index contributed by atoms with van der Waals surface area (Å²) in [5.41, 5.74) is 0. The maximum atomic E-state index is 11.1. The lowest BCUT2D eigenvalue weighted by Gasteiger charge is -2.20. The average molecular weight is 324 g/mol. The molecule has 0 heterocycles. The first-order valence-corrected chi connectivity index (χ1v) is 8.88. The summed E-state index contributed by atoms with van der Waals surface area (Å²) in [7, 11) is 1.40. The van der Waals surface area contributed by atoms with E-state index in [0.29, 0.717) is 6.42 Å². The summed E-state index contributed by atoms with van der Waals surface area (Å²) in [6.07, 6.45) is 14.0. The van der Waals surface area contributed by atoms with E-state index in [2.05, 4.69) is 11.7 Å². The fourth-order valence-electron chi connectivity index (χ4n) is 3.03. The summed E-state index contributed by atoms with van der Waals surface area (Å²) < 4.78 is 4.63. The highest BCUT2D eigenvalue weighted by atomic mass is 16.5. The third-order valence-electron chi connectivity index (χ3n) is 4.52. The second-order valence-electron chi connectivity index (χ2n) is 6.39. The quantitative estimate of drug-likeness (QED) is 0.347. The van der Waals surface area contributed by atoms with Crippen molar-refractivity contribution in [2.45, 2.75) is 70.5 Å². The van der Waals surface area contributed by atoms with Gasteiger partial charge in [-0.05, 0) is 25.2 Å². The van der Waals surface area contributed by atoms with Crippen molar-refractivity contribution in [2.75, 3.05) is 7.11 Å². The number of carbonyl (C=O) groups is 1. The molecule has 1 aliphatic carbocycles. The van der Waals surface area contributed by atoms with E-state index in [0.717, 1.165) is 44.9 Å². The zero-order valence-corrected chi connectivity index (χ0v) is 14.5. The lowest BCUT2D eigenvalue weighted by atomic mass is 9.88. The zero-order chi connectivity index (χ0) is 17.1. The molecule has 0 saturated carbocycles. The van der Waals surface area contributed by atoms with Crippen molar-refractivity contribution in [1.29, 1.82) is 0 Å². The minimum Gasteiger partial charge on any atom is -0.469 e. The number of unbranched alkanes of at least 4 members (excludes halogenated alkanes) is 3. The fraction of sp³-hybridized carbons (Fsp3) is 0.737. The van der Waals surface area contributed by atoms with E-state index in [4.69, 9.17) is 0 Å². The summed E-state index contributed by atoms with van der Waals surface area (Å²) in [4.78, 5) is 11.1.